The minimum atomic E-state index is -0.584. The van der Waals surface area contributed by atoms with E-state index in [1.54, 1.807) is 42.6 Å². The van der Waals surface area contributed by atoms with E-state index in [2.05, 4.69) is 20.5 Å². The van der Waals surface area contributed by atoms with Gasteiger partial charge in [0.25, 0.3) is 5.91 Å². The standard InChI is InChI=1S/C15H14N6O/c16-10-6-4-9(5-7-10)13-12(14(17)22)15(21-20-13)19-11-3-1-2-8-18-11/h1-8H,16H2,(H2,17,22)(H2,18,19,20,21). The predicted octanol–water partition coefficient (Wildman–Crippen LogP) is 1.90. The third kappa shape index (κ3) is 2.59. The average molecular weight is 294 g/mol. The molecule has 7 heteroatoms. The maximum atomic E-state index is 11.8. The van der Waals surface area contributed by atoms with Crippen LogP contribution in [0.2, 0.25) is 0 Å². The minimum Gasteiger partial charge on any atom is -0.399 e. The highest BCUT2D eigenvalue weighted by Crippen LogP contribution is 2.28. The summed E-state index contributed by atoms with van der Waals surface area (Å²) in [5, 5.41) is 9.96. The number of aromatic nitrogens is 3. The minimum absolute atomic E-state index is 0.274. The van der Waals surface area contributed by atoms with Gasteiger partial charge in [-0.3, -0.25) is 9.89 Å². The topological polar surface area (TPSA) is 123 Å². The number of H-pyrrole nitrogens is 1. The first-order valence-corrected chi connectivity index (χ1v) is 6.57. The molecule has 0 atom stereocenters. The Kier molecular flexibility index (Phi) is 3.45. The number of carbonyl (C=O) groups is 1. The van der Waals surface area contributed by atoms with Gasteiger partial charge in [0.2, 0.25) is 0 Å². The van der Waals surface area contributed by atoms with Gasteiger partial charge in [-0.15, -0.1) is 0 Å². The Morgan fingerprint density at radius 2 is 1.91 bits per heavy atom. The van der Waals surface area contributed by atoms with E-state index in [1.165, 1.54) is 0 Å². The number of benzene rings is 1. The van der Waals surface area contributed by atoms with Gasteiger partial charge < -0.3 is 16.8 Å². The van der Waals surface area contributed by atoms with Crippen molar-refractivity contribution < 1.29 is 4.79 Å². The van der Waals surface area contributed by atoms with Gasteiger partial charge in [0.15, 0.2) is 0 Å². The van der Waals surface area contributed by atoms with Gasteiger partial charge in [-0.2, -0.15) is 5.10 Å². The summed E-state index contributed by atoms with van der Waals surface area (Å²) >= 11 is 0. The summed E-state index contributed by atoms with van der Waals surface area (Å²) < 4.78 is 0. The van der Waals surface area contributed by atoms with E-state index in [0.717, 1.165) is 5.56 Å². The molecule has 0 unspecified atom stereocenters. The molecule has 110 valence electrons. The molecule has 0 saturated carbocycles. The number of carbonyl (C=O) groups excluding carboxylic acids is 1. The van der Waals surface area contributed by atoms with Crippen LogP contribution in [-0.2, 0) is 0 Å². The van der Waals surface area contributed by atoms with Crippen LogP contribution in [0.5, 0.6) is 0 Å². The Labute approximate surface area is 126 Å². The number of rotatable bonds is 4. The Balaban J connectivity index is 2.02. The predicted molar refractivity (Wildman–Crippen MR) is 84.5 cm³/mol. The van der Waals surface area contributed by atoms with Crippen LogP contribution in [-0.4, -0.2) is 21.1 Å². The monoisotopic (exact) mass is 294 g/mol. The van der Waals surface area contributed by atoms with E-state index in [0.29, 0.717) is 23.0 Å². The van der Waals surface area contributed by atoms with Crippen molar-refractivity contribution in [2.75, 3.05) is 11.1 Å². The number of nitrogen functional groups attached to an aromatic ring is 1. The highest BCUT2D eigenvalue weighted by Gasteiger charge is 2.19. The van der Waals surface area contributed by atoms with Crippen molar-refractivity contribution in [1.29, 1.82) is 0 Å². The molecule has 2 heterocycles. The lowest BCUT2D eigenvalue weighted by Gasteiger charge is -2.05. The summed E-state index contributed by atoms with van der Waals surface area (Å²) in [7, 11) is 0. The van der Waals surface area contributed by atoms with Crippen molar-refractivity contribution in [3.8, 4) is 11.3 Å². The van der Waals surface area contributed by atoms with Gasteiger partial charge in [-0.05, 0) is 24.3 Å². The summed E-state index contributed by atoms with van der Waals surface area (Å²) in [6.07, 6.45) is 1.64. The van der Waals surface area contributed by atoms with Gasteiger partial charge in [0, 0.05) is 17.4 Å². The molecule has 0 bridgehead atoms. The van der Waals surface area contributed by atoms with Crippen LogP contribution in [0.15, 0.2) is 48.7 Å². The smallest absolute Gasteiger partial charge is 0.254 e. The number of nitrogens with one attached hydrogen (secondary N) is 2. The van der Waals surface area contributed by atoms with Crippen LogP contribution in [0.3, 0.4) is 0 Å². The molecule has 22 heavy (non-hydrogen) atoms. The maximum absolute atomic E-state index is 11.8. The number of hydrogen-bond acceptors (Lipinski definition) is 5. The number of aromatic amines is 1. The molecule has 3 aromatic rings. The first kappa shape index (κ1) is 13.6. The van der Waals surface area contributed by atoms with Gasteiger partial charge >= 0.3 is 0 Å². The number of pyridine rings is 1. The zero-order valence-electron chi connectivity index (χ0n) is 11.6. The lowest BCUT2D eigenvalue weighted by Crippen LogP contribution is -2.13. The van der Waals surface area contributed by atoms with Gasteiger partial charge in [-0.1, -0.05) is 18.2 Å². The zero-order valence-corrected chi connectivity index (χ0v) is 11.6. The van der Waals surface area contributed by atoms with Gasteiger partial charge in [-0.25, -0.2) is 4.98 Å². The molecule has 7 nitrogen and oxygen atoms in total. The highest BCUT2D eigenvalue weighted by molar-refractivity contribution is 6.04. The van der Waals surface area contributed by atoms with Crippen molar-refractivity contribution >= 4 is 23.2 Å². The maximum Gasteiger partial charge on any atom is 0.254 e. The lowest BCUT2D eigenvalue weighted by molar-refractivity contribution is 0.100. The molecule has 0 spiro atoms. The normalized spacial score (nSPS) is 10.4. The molecular weight excluding hydrogens is 280 g/mol. The quantitative estimate of drug-likeness (QED) is 0.547. The van der Waals surface area contributed by atoms with Gasteiger partial charge in [0.1, 0.15) is 22.9 Å². The largest absolute Gasteiger partial charge is 0.399 e. The van der Waals surface area contributed by atoms with Crippen molar-refractivity contribution in [3.05, 3.63) is 54.2 Å². The van der Waals surface area contributed by atoms with Crippen molar-refractivity contribution in [3.63, 3.8) is 0 Å². The third-order valence-corrected chi connectivity index (χ3v) is 3.11. The fourth-order valence-electron chi connectivity index (χ4n) is 2.09. The molecule has 1 amide bonds. The molecule has 0 aliphatic heterocycles. The van der Waals surface area contributed by atoms with Crippen LogP contribution in [0, 0.1) is 0 Å². The summed E-state index contributed by atoms with van der Waals surface area (Å²) in [6.45, 7) is 0. The number of anilines is 3. The molecule has 2 aromatic heterocycles. The molecule has 0 radical (unpaired) electrons. The molecule has 0 aliphatic carbocycles. The van der Waals surface area contributed by atoms with E-state index in [-0.39, 0.29) is 5.56 Å². The zero-order chi connectivity index (χ0) is 15.5. The van der Waals surface area contributed by atoms with E-state index in [4.69, 9.17) is 11.5 Å². The summed E-state index contributed by atoms with van der Waals surface area (Å²) in [4.78, 5) is 16.0. The third-order valence-electron chi connectivity index (χ3n) is 3.11. The summed E-state index contributed by atoms with van der Waals surface area (Å²) in [5.41, 5.74) is 13.3. The van der Waals surface area contributed by atoms with Crippen molar-refractivity contribution in [2.24, 2.45) is 5.73 Å². The highest BCUT2D eigenvalue weighted by atomic mass is 16.1. The molecule has 0 saturated heterocycles. The average Bonchev–Trinajstić information content (AvgIpc) is 2.93. The second-order valence-electron chi connectivity index (χ2n) is 4.65. The molecule has 1 aromatic carbocycles. The van der Waals surface area contributed by atoms with Crippen LogP contribution < -0.4 is 16.8 Å². The van der Waals surface area contributed by atoms with Crippen LogP contribution in [0.1, 0.15) is 10.4 Å². The number of amides is 1. The van der Waals surface area contributed by atoms with E-state index < -0.39 is 5.91 Å². The Bertz CT molecular complexity index is 795. The number of primary amides is 1. The first-order chi connectivity index (χ1) is 10.6. The number of nitrogens with zero attached hydrogens (tertiary/aromatic N) is 2. The lowest BCUT2D eigenvalue weighted by atomic mass is 10.1. The number of nitrogens with two attached hydrogens (primary N) is 2. The van der Waals surface area contributed by atoms with Crippen LogP contribution in [0.25, 0.3) is 11.3 Å². The Morgan fingerprint density at radius 1 is 1.14 bits per heavy atom. The second-order valence-corrected chi connectivity index (χ2v) is 4.65. The summed E-state index contributed by atoms with van der Waals surface area (Å²) in [5.74, 6) is 0.398. The molecule has 3 rings (SSSR count). The van der Waals surface area contributed by atoms with E-state index in [9.17, 15) is 4.79 Å². The SMILES string of the molecule is NC(=O)c1c(-c2ccc(N)cc2)n[nH]c1Nc1ccccn1. The second kappa shape index (κ2) is 5.57. The van der Waals surface area contributed by atoms with E-state index in [1.807, 2.05) is 6.07 Å². The van der Waals surface area contributed by atoms with Crippen LogP contribution >= 0.6 is 0 Å². The number of hydrogen-bond donors (Lipinski definition) is 4. The molecule has 0 fully saturated rings. The Morgan fingerprint density at radius 3 is 2.55 bits per heavy atom. The van der Waals surface area contributed by atoms with Gasteiger partial charge in [0.05, 0.1) is 0 Å². The molecule has 0 aliphatic rings. The molecular formula is C15H14N6O. The fraction of sp³-hybridized carbons (Fsp3) is 0. The van der Waals surface area contributed by atoms with E-state index >= 15 is 0 Å². The van der Waals surface area contributed by atoms with Crippen molar-refractivity contribution in [1.82, 2.24) is 15.2 Å². The molecule has 6 N–H and O–H groups in total. The van der Waals surface area contributed by atoms with Crippen LogP contribution in [0.4, 0.5) is 17.3 Å². The van der Waals surface area contributed by atoms with Crippen molar-refractivity contribution in [2.45, 2.75) is 0 Å². The first-order valence-electron chi connectivity index (χ1n) is 6.57. The Hall–Kier alpha value is -3.35. The fourth-order valence-corrected chi connectivity index (χ4v) is 2.09. The summed E-state index contributed by atoms with van der Waals surface area (Å²) in [6, 6.07) is 12.4.